The lowest BCUT2D eigenvalue weighted by Crippen LogP contribution is -2.50. The van der Waals surface area contributed by atoms with Gasteiger partial charge in [-0.25, -0.2) is 0 Å². The van der Waals surface area contributed by atoms with Gasteiger partial charge in [0.05, 0.1) is 5.92 Å². The summed E-state index contributed by atoms with van der Waals surface area (Å²) in [5.74, 6) is 0.00248. The average Bonchev–Trinajstić information content (AvgIpc) is 2.53. The molecule has 0 spiro atoms. The van der Waals surface area contributed by atoms with Crippen LogP contribution in [0.15, 0.2) is 30.3 Å². The maximum atomic E-state index is 12.5. The predicted octanol–water partition coefficient (Wildman–Crippen LogP) is 2.33. The number of carbonyl (C=O) groups is 1. The van der Waals surface area contributed by atoms with Gasteiger partial charge in [-0.3, -0.25) is 4.79 Å². The lowest BCUT2D eigenvalue weighted by molar-refractivity contribution is -0.137. The van der Waals surface area contributed by atoms with E-state index < -0.39 is 0 Å². The number of amides is 1. The molecule has 1 heterocycles. The molecule has 126 valence electrons. The first-order valence-corrected chi connectivity index (χ1v) is 7.45. The van der Waals surface area contributed by atoms with Gasteiger partial charge in [0.15, 0.2) is 0 Å². The molecule has 2 unspecified atom stereocenters. The third-order valence-electron chi connectivity index (χ3n) is 4.24. The Morgan fingerprint density at radius 3 is 2.18 bits per heavy atom. The molecule has 4 nitrogen and oxygen atoms in total. The van der Waals surface area contributed by atoms with Crippen LogP contribution in [-0.2, 0) is 4.79 Å². The van der Waals surface area contributed by atoms with Crippen LogP contribution in [-0.4, -0.2) is 48.4 Å². The smallest absolute Gasteiger partial charge is 0.227 e. The van der Waals surface area contributed by atoms with Crippen molar-refractivity contribution in [2.24, 2.45) is 11.7 Å². The maximum absolute atomic E-state index is 12.5. The summed E-state index contributed by atoms with van der Waals surface area (Å²) in [6, 6.07) is 9.64. The van der Waals surface area contributed by atoms with Crippen molar-refractivity contribution >= 4 is 30.7 Å². The molecule has 0 saturated carbocycles. The third-order valence-corrected chi connectivity index (χ3v) is 4.24. The largest absolute Gasteiger partial charge is 0.340 e. The van der Waals surface area contributed by atoms with Crippen LogP contribution in [0.25, 0.3) is 0 Å². The molecule has 0 aliphatic carbocycles. The summed E-state index contributed by atoms with van der Waals surface area (Å²) in [4.78, 5) is 16.9. The number of rotatable bonds is 4. The molecule has 1 aliphatic rings. The van der Waals surface area contributed by atoms with E-state index in [1.54, 1.807) is 0 Å². The van der Waals surface area contributed by atoms with Gasteiger partial charge in [-0.1, -0.05) is 44.2 Å². The zero-order valence-electron chi connectivity index (χ0n) is 13.3. The quantitative estimate of drug-likeness (QED) is 0.909. The molecular weight excluding hydrogens is 321 g/mol. The third kappa shape index (κ3) is 5.13. The van der Waals surface area contributed by atoms with Crippen molar-refractivity contribution in [1.29, 1.82) is 0 Å². The van der Waals surface area contributed by atoms with E-state index in [1.165, 1.54) is 0 Å². The van der Waals surface area contributed by atoms with E-state index in [2.05, 4.69) is 11.8 Å². The van der Waals surface area contributed by atoms with Crippen LogP contribution in [0.4, 0.5) is 0 Å². The van der Waals surface area contributed by atoms with E-state index in [-0.39, 0.29) is 42.7 Å². The van der Waals surface area contributed by atoms with Crippen molar-refractivity contribution < 1.29 is 4.79 Å². The summed E-state index contributed by atoms with van der Waals surface area (Å²) in [5.41, 5.74) is 7.27. The topological polar surface area (TPSA) is 49.6 Å². The van der Waals surface area contributed by atoms with E-state index >= 15 is 0 Å². The second-order valence-corrected chi connectivity index (χ2v) is 5.48. The Morgan fingerprint density at radius 2 is 1.68 bits per heavy atom. The number of nitrogens with zero attached hydrogens (tertiary/aromatic N) is 2. The zero-order valence-corrected chi connectivity index (χ0v) is 14.9. The Kier molecular flexibility index (Phi) is 9.69. The maximum Gasteiger partial charge on any atom is 0.227 e. The Balaban J connectivity index is 0.00000220. The Bertz CT molecular complexity index is 436. The van der Waals surface area contributed by atoms with Crippen molar-refractivity contribution in [3.05, 3.63) is 35.9 Å². The number of benzene rings is 1. The Hall–Kier alpha value is -0.810. The fourth-order valence-electron chi connectivity index (χ4n) is 2.69. The number of piperazine rings is 1. The standard InChI is InChI=1S/C16H25N3O.2ClH/c1-3-18-9-11-19(12-10-18)16(20)13(2)15(17)14-7-5-4-6-8-14;;/h4-8,13,15H,3,9-12,17H2,1-2H3;2*1H. The van der Waals surface area contributed by atoms with Crippen LogP contribution in [0.2, 0.25) is 0 Å². The minimum atomic E-state index is -0.229. The molecule has 0 bridgehead atoms. The summed E-state index contributed by atoms with van der Waals surface area (Å²) in [7, 11) is 0. The average molecular weight is 348 g/mol. The van der Waals surface area contributed by atoms with Gasteiger partial charge >= 0.3 is 0 Å². The second kappa shape index (κ2) is 10.1. The van der Waals surface area contributed by atoms with Gasteiger partial charge in [-0.05, 0) is 12.1 Å². The van der Waals surface area contributed by atoms with Crippen molar-refractivity contribution in [2.45, 2.75) is 19.9 Å². The molecule has 6 heteroatoms. The first-order chi connectivity index (χ1) is 9.63. The molecule has 0 aromatic heterocycles. The van der Waals surface area contributed by atoms with E-state index in [9.17, 15) is 4.79 Å². The van der Waals surface area contributed by atoms with E-state index in [0.717, 1.165) is 38.3 Å². The highest BCUT2D eigenvalue weighted by molar-refractivity contribution is 5.85. The summed E-state index contributed by atoms with van der Waals surface area (Å²) in [6.45, 7) is 8.72. The van der Waals surface area contributed by atoms with Gasteiger partial charge in [-0.15, -0.1) is 24.8 Å². The fourth-order valence-corrected chi connectivity index (χ4v) is 2.69. The van der Waals surface area contributed by atoms with Crippen LogP contribution in [0.5, 0.6) is 0 Å². The van der Waals surface area contributed by atoms with Crippen LogP contribution in [0, 0.1) is 5.92 Å². The SMILES string of the molecule is CCN1CCN(C(=O)C(C)C(N)c2ccccc2)CC1.Cl.Cl. The van der Waals surface area contributed by atoms with Crippen LogP contribution >= 0.6 is 24.8 Å². The highest BCUT2D eigenvalue weighted by atomic mass is 35.5. The van der Waals surface area contributed by atoms with E-state index in [0.29, 0.717) is 0 Å². The number of likely N-dealkylation sites (N-methyl/N-ethyl adjacent to an activating group) is 1. The highest BCUT2D eigenvalue weighted by Crippen LogP contribution is 2.21. The monoisotopic (exact) mass is 347 g/mol. The highest BCUT2D eigenvalue weighted by Gasteiger charge is 2.28. The first-order valence-electron chi connectivity index (χ1n) is 7.45. The fraction of sp³-hybridized carbons (Fsp3) is 0.562. The van der Waals surface area contributed by atoms with Crippen LogP contribution < -0.4 is 5.73 Å². The summed E-state index contributed by atoms with van der Waals surface area (Å²) >= 11 is 0. The number of nitrogens with two attached hydrogens (primary N) is 1. The van der Waals surface area contributed by atoms with Gasteiger partial charge in [0, 0.05) is 32.2 Å². The number of halogens is 2. The van der Waals surface area contributed by atoms with Gasteiger partial charge in [0.1, 0.15) is 0 Å². The minimum Gasteiger partial charge on any atom is -0.340 e. The summed E-state index contributed by atoms with van der Waals surface area (Å²) in [6.07, 6.45) is 0. The van der Waals surface area contributed by atoms with Gasteiger partial charge in [0.2, 0.25) is 5.91 Å². The normalized spacial score (nSPS) is 17.9. The molecule has 0 radical (unpaired) electrons. The molecule has 1 aromatic carbocycles. The molecule has 1 aromatic rings. The first kappa shape index (κ1) is 21.2. The molecule has 2 atom stereocenters. The van der Waals surface area contributed by atoms with Crippen molar-refractivity contribution in [2.75, 3.05) is 32.7 Å². The van der Waals surface area contributed by atoms with Crippen LogP contribution in [0.3, 0.4) is 0 Å². The van der Waals surface area contributed by atoms with Crippen molar-refractivity contribution in [3.63, 3.8) is 0 Å². The van der Waals surface area contributed by atoms with Crippen LogP contribution in [0.1, 0.15) is 25.5 Å². The molecule has 1 fully saturated rings. The Labute approximate surface area is 145 Å². The van der Waals surface area contributed by atoms with Crippen molar-refractivity contribution in [3.8, 4) is 0 Å². The number of carbonyl (C=O) groups excluding carboxylic acids is 1. The van der Waals surface area contributed by atoms with Gasteiger partial charge < -0.3 is 15.5 Å². The van der Waals surface area contributed by atoms with Gasteiger partial charge in [-0.2, -0.15) is 0 Å². The lowest BCUT2D eigenvalue weighted by atomic mass is 9.94. The van der Waals surface area contributed by atoms with Crippen molar-refractivity contribution in [1.82, 2.24) is 9.80 Å². The molecule has 1 saturated heterocycles. The summed E-state index contributed by atoms with van der Waals surface area (Å²) < 4.78 is 0. The number of hydrogen-bond acceptors (Lipinski definition) is 3. The molecule has 2 rings (SSSR count). The Morgan fingerprint density at radius 1 is 1.14 bits per heavy atom. The molecule has 1 aliphatic heterocycles. The van der Waals surface area contributed by atoms with E-state index in [4.69, 9.17) is 5.73 Å². The second-order valence-electron chi connectivity index (χ2n) is 5.48. The molecule has 1 amide bonds. The number of hydrogen-bond donors (Lipinski definition) is 1. The summed E-state index contributed by atoms with van der Waals surface area (Å²) in [5, 5.41) is 0. The predicted molar refractivity (Wildman–Crippen MR) is 95.7 cm³/mol. The minimum absolute atomic E-state index is 0. The van der Waals surface area contributed by atoms with Gasteiger partial charge in [0.25, 0.3) is 0 Å². The zero-order chi connectivity index (χ0) is 14.5. The molecule has 22 heavy (non-hydrogen) atoms. The van der Waals surface area contributed by atoms with E-state index in [1.807, 2.05) is 42.2 Å². The molecular formula is C16H27Cl2N3O. The molecule has 2 N–H and O–H groups in total. The lowest BCUT2D eigenvalue weighted by Gasteiger charge is -2.36.